The number of sulfone groups is 1. The first-order valence-corrected chi connectivity index (χ1v) is 8.45. The zero-order valence-electron chi connectivity index (χ0n) is 10.7. The normalized spacial score (nSPS) is 33.8. The number of amides is 1. The van der Waals surface area contributed by atoms with Crippen molar-refractivity contribution in [3.8, 4) is 0 Å². The third-order valence-electron chi connectivity index (χ3n) is 4.00. The summed E-state index contributed by atoms with van der Waals surface area (Å²) in [5.74, 6) is -2.30. The lowest BCUT2D eigenvalue weighted by Crippen LogP contribution is -2.44. The van der Waals surface area contributed by atoms with E-state index in [1.165, 1.54) is 0 Å². The van der Waals surface area contributed by atoms with Crippen LogP contribution in [0.4, 0.5) is 0 Å². The van der Waals surface area contributed by atoms with Crippen LogP contribution in [0, 0.1) is 11.8 Å². The van der Waals surface area contributed by atoms with E-state index in [4.69, 9.17) is 5.11 Å². The molecule has 0 bridgehead atoms. The van der Waals surface area contributed by atoms with E-state index in [0.29, 0.717) is 19.3 Å². The van der Waals surface area contributed by atoms with Crippen LogP contribution in [0.15, 0.2) is 0 Å². The lowest BCUT2D eigenvalue weighted by Gasteiger charge is -2.28. The van der Waals surface area contributed by atoms with Crippen molar-refractivity contribution in [1.29, 1.82) is 0 Å². The minimum atomic E-state index is -3.03. The molecule has 0 aromatic carbocycles. The summed E-state index contributed by atoms with van der Waals surface area (Å²) in [6.45, 7) is 0. The van der Waals surface area contributed by atoms with Gasteiger partial charge in [-0.05, 0) is 19.3 Å². The molecule has 2 rings (SSSR count). The van der Waals surface area contributed by atoms with Crippen molar-refractivity contribution < 1.29 is 23.1 Å². The zero-order valence-corrected chi connectivity index (χ0v) is 11.5. The Morgan fingerprint density at radius 3 is 2.21 bits per heavy atom. The van der Waals surface area contributed by atoms with Gasteiger partial charge in [0, 0.05) is 6.04 Å². The number of carboxylic acid groups (broad SMARTS) is 1. The summed E-state index contributed by atoms with van der Waals surface area (Å²) in [6, 6.07) is -0.353. The van der Waals surface area contributed by atoms with Crippen molar-refractivity contribution in [2.45, 2.75) is 38.1 Å². The second-order valence-electron chi connectivity index (χ2n) is 5.44. The quantitative estimate of drug-likeness (QED) is 0.772. The van der Waals surface area contributed by atoms with Crippen LogP contribution in [-0.4, -0.2) is 42.9 Å². The maximum absolute atomic E-state index is 12.1. The molecule has 0 aromatic heterocycles. The first kappa shape index (κ1) is 14.3. The second kappa shape index (κ2) is 5.48. The largest absolute Gasteiger partial charge is 0.481 e. The number of carbonyl (C=O) groups is 2. The fourth-order valence-corrected chi connectivity index (χ4v) is 4.63. The number of hydrogen-bond donors (Lipinski definition) is 2. The van der Waals surface area contributed by atoms with E-state index < -0.39 is 27.6 Å². The Hall–Kier alpha value is -1.11. The van der Waals surface area contributed by atoms with Crippen LogP contribution in [-0.2, 0) is 19.4 Å². The molecule has 19 heavy (non-hydrogen) atoms. The fourth-order valence-electron chi connectivity index (χ4n) is 2.96. The third-order valence-corrected chi connectivity index (χ3v) is 5.77. The van der Waals surface area contributed by atoms with Crippen molar-refractivity contribution >= 4 is 21.7 Å². The maximum Gasteiger partial charge on any atom is 0.307 e. The number of carbonyl (C=O) groups excluding carboxylic acids is 1. The minimum Gasteiger partial charge on any atom is -0.481 e. The Morgan fingerprint density at radius 2 is 1.68 bits per heavy atom. The van der Waals surface area contributed by atoms with E-state index in [0.717, 1.165) is 12.8 Å². The molecule has 2 aliphatic rings. The highest BCUT2D eigenvalue weighted by atomic mass is 32.2. The average molecular weight is 289 g/mol. The lowest BCUT2D eigenvalue weighted by atomic mass is 9.78. The number of aliphatic carboxylic acids is 1. The van der Waals surface area contributed by atoms with Gasteiger partial charge in [-0.2, -0.15) is 0 Å². The summed E-state index contributed by atoms with van der Waals surface area (Å²) in [5, 5.41) is 11.8. The zero-order chi connectivity index (χ0) is 14.0. The first-order chi connectivity index (χ1) is 8.89. The van der Waals surface area contributed by atoms with Crippen LogP contribution in [0.25, 0.3) is 0 Å². The first-order valence-electron chi connectivity index (χ1n) is 6.62. The molecule has 1 aliphatic carbocycles. The number of carboxylic acids is 1. The van der Waals surface area contributed by atoms with Crippen LogP contribution >= 0.6 is 0 Å². The molecule has 2 fully saturated rings. The van der Waals surface area contributed by atoms with Crippen molar-refractivity contribution in [2.24, 2.45) is 11.8 Å². The Morgan fingerprint density at radius 1 is 1.05 bits per heavy atom. The number of rotatable bonds is 3. The molecule has 0 unspecified atom stereocenters. The predicted molar refractivity (Wildman–Crippen MR) is 68.3 cm³/mol. The van der Waals surface area contributed by atoms with E-state index in [9.17, 15) is 18.0 Å². The minimum absolute atomic E-state index is 0.0246. The molecule has 6 nitrogen and oxygen atoms in total. The third kappa shape index (κ3) is 3.46. The molecule has 3 atom stereocenters. The number of nitrogens with one attached hydrogen (secondary N) is 1. The van der Waals surface area contributed by atoms with Crippen LogP contribution < -0.4 is 5.32 Å². The van der Waals surface area contributed by atoms with E-state index in [1.54, 1.807) is 0 Å². The average Bonchev–Trinajstić information content (AvgIpc) is 2.68. The summed E-state index contributed by atoms with van der Waals surface area (Å²) >= 11 is 0. The monoisotopic (exact) mass is 289 g/mol. The summed E-state index contributed by atoms with van der Waals surface area (Å²) in [6.07, 6.45) is 3.21. The highest BCUT2D eigenvalue weighted by Gasteiger charge is 2.37. The molecule has 1 saturated heterocycles. The smallest absolute Gasteiger partial charge is 0.307 e. The molecule has 108 valence electrons. The van der Waals surface area contributed by atoms with Gasteiger partial charge in [0.1, 0.15) is 0 Å². The topological polar surface area (TPSA) is 101 Å². The molecule has 1 saturated carbocycles. The van der Waals surface area contributed by atoms with Crippen molar-refractivity contribution in [3.05, 3.63) is 0 Å². The molecule has 0 aromatic rings. The van der Waals surface area contributed by atoms with E-state index in [-0.39, 0.29) is 23.5 Å². The molecule has 0 spiro atoms. The van der Waals surface area contributed by atoms with Gasteiger partial charge in [-0.15, -0.1) is 0 Å². The van der Waals surface area contributed by atoms with Gasteiger partial charge in [0.05, 0.1) is 23.3 Å². The Bertz CT molecular complexity index is 473. The Kier molecular flexibility index (Phi) is 4.13. The summed E-state index contributed by atoms with van der Waals surface area (Å²) in [7, 11) is -3.03. The summed E-state index contributed by atoms with van der Waals surface area (Å²) in [5.41, 5.74) is 0. The molecular weight excluding hydrogens is 270 g/mol. The van der Waals surface area contributed by atoms with Crippen molar-refractivity contribution in [3.63, 3.8) is 0 Å². The standard InChI is InChI=1S/C12H19NO5S/c14-11(13-8-5-6-19(17,18)7-8)9-3-1-2-4-10(9)12(15)16/h8-10H,1-7H2,(H,13,14)(H,15,16)/t8-,9-,10+/m0/s1. The van der Waals surface area contributed by atoms with E-state index in [2.05, 4.69) is 5.32 Å². The molecule has 1 heterocycles. The van der Waals surface area contributed by atoms with E-state index in [1.807, 2.05) is 0 Å². The lowest BCUT2D eigenvalue weighted by molar-refractivity contribution is -0.149. The van der Waals surface area contributed by atoms with E-state index >= 15 is 0 Å². The Labute approximate surface area is 112 Å². The molecule has 1 aliphatic heterocycles. The van der Waals surface area contributed by atoms with Gasteiger partial charge >= 0.3 is 5.97 Å². The highest BCUT2D eigenvalue weighted by molar-refractivity contribution is 7.91. The fraction of sp³-hybridized carbons (Fsp3) is 0.833. The molecule has 7 heteroatoms. The molecule has 2 N–H and O–H groups in total. The van der Waals surface area contributed by atoms with Gasteiger partial charge in [0.25, 0.3) is 0 Å². The van der Waals surface area contributed by atoms with Crippen LogP contribution in [0.1, 0.15) is 32.1 Å². The summed E-state index contributed by atoms with van der Waals surface area (Å²) < 4.78 is 22.7. The van der Waals surface area contributed by atoms with Gasteiger partial charge in [0.2, 0.25) is 5.91 Å². The van der Waals surface area contributed by atoms with Gasteiger partial charge in [-0.1, -0.05) is 12.8 Å². The summed E-state index contributed by atoms with van der Waals surface area (Å²) in [4.78, 5) is 23.2. The molecule has 1 amide bonds. The van der Waals surface area contributed by atoms with Gasteiger partial charge in [-0.25, -0.2) is 8.42 Å². The van der Waals surface area contributed by atoms with Crippen molar-refractivity contribution in [1.82, 2.24) is 5.32 Å². The molecular formula is C12H19NO5S. The Balaban J connectivity index is 1.97. The molecule has 0 radical (unpaired) electrons. The highest BCUT2D eigenvalue weighted by Crippen LogP contribution is 2.30. The van der Waals surface area contributed by atoms with Crippen LogP contribution in [0.3, 0.4) is 0 Å². The van der Waals surface area contributed by atoms with Crippen LogP contribution in [0.5, 0.6) is 0 Å². The predicted octanol–water partition coefficient (Wildman–Crippen LogP) is 0.181. The van der Waals surface area contributed by atoms with Crippen LogP contribution in [0.2, 0.25) is 0 Å². The maximum atomic E-state index is 12.1. The SMILES string of the molecule is O=C(N[C@H]1CCS(=O)(=O)C1)[C@H]1CCCC[C@H]1C(=O)O. The van der Waals surface area contributed by atoms with Gasteiger partial charge in [0.15, 0.2) is 9.84 Å². The second-order valence-corrected chi connectivity index (χ2v) is 7.67. The number of hydrogen-bond acceptors (Lipinski definition) is 4. The van der Waals surface area contributed by atoms with Crippen molar-refractivity contribution in [2.75, 3.05) is 11.5 Å². The van der Waals surface area contributed by atoms with Gasteiger partial charge in [-0.3, -0.25) is 9.59 Å². The van der Waals surface area contributed by atoms with Gasteiger partial charge < -0.3 is 10.4 Å².